The Morgan fingerprint density at radius 1 is 1.21 bits per heavy atom. The predicted molar refractivity (Wildman–Crippen MR) is 91.6 cm³/mol. The molecule has 1 aliphatic heterocycles. The molecule has 0 bridgehead atoms. The lowest BCUT2D eigenvalue weighted by Gasteiger charge is -2.31. The minimum absolute atomic E-state index is 0.102. The molecule has 0 aromatic heterocycles. The van der Waals surface area contributed by atoms with Gasteiger partial charge >= 0.3 is 6.09 Å². The highest BCUT2D eigenvalue weighted by Gasteiger charge is 2.58. The second kappa shape index (κ2) is 5.20. The molecule has 2 aliphatic rings. The largest absolute Gasteiger partial charge is 0.449 e. The zero-order valence-corrected chi connectivity index (χ0v) is 13.8. The number of fused-ring (bicyclic) bond motifs is 3. The third kappa shape index (κ3) is 1.74. The Morgan fingerprint density at radius 2 is 1.92 bits per heavy atom. The first kappa shape index (κ1) is 14.9. The van der Waals surface area contributed by atoms with Crippen molar-refractivity contribution in [3.05, 3.63) is 65.2 Å². The molecule has 0 N–H and O–H groups in total. The van der Waals surface area contributed by atoms with Crippen molar-refractivity contribution >= 4 is 17.6 Å². The van der Waals surface area contributed by atoms with E-state index in [9.17, 15) is 9.59 Å². The van der Waals surface area contributed by atoms with Gasteiger partial charge in [-0.3, -0.25) is 9.69 Å². The van der Waals surface area contributed by atoms with Gasteiger partial charge in [-0.1, -0.05) is 42.5 Å². The zero-order valence-electron chi connectivity index (χ0n) is 13.8. The van der Waals surface area contributed by atoms with Crippen molar-refractivity contribution in [2.24, 2.45) is 0 Å². The van der Waals surface area contributed by atoms with E-state index in [1.165, 1.54) is 0 Å². The lowest BCUT2D eigenvalue weighted by Crippen LogP contribution is -2.49. The molecule has 1 heterocycles. The summed E-state index contributed by atoms with van der Waals surface area (Å²) in [5.74, 6) is 0.102. The van der Waals surface area contributed by atoms with E-state index in [1.54, 1.807) is 11.8 Å². The van der Waals surface area contributed by atoms with Gasteiger partial charge in [0.05, 0.1) is 23.8 Å². The van der Waals surface area contributed by atoms with Crippen LogP contribution in [0.15, 0.2) is 48.5 Å². The number of para-hydroxylation sites is 1. The normalized spacial score (nSPS) is 24.2. The highest BCUT2D eigenvalue weighted by molar-refractivity contribution is 6.13. The van der Waals surface area contributed by atoms with Crippen LogP contribution in [0.1, 0.15) is 35.3 Å². The molecular formula is C20H19NO3. The summed E-state index contributed by atoms with van der Waals surface area (Å²) in [6.45, 7) is 4.04. The van der Waals surface area contributed by atoms with Crippen molar-refractivity contribution in [3.8, 4) is 0 Å². The summed E-state index contributed by atoms with van der Waals surface area (Å²) in [5.41, 5.74) is 2.81. The van der Waals surface area contributed by atoms with E-state index in [0.29, 0.717) is 13.0 Å². The van der Waals surface area contributed by atoms with Gasteiger partial charge in [-0.2, -0.15) is 0 Å². The summed E-state index contributed by atoms with van der Waals surface area (Å²) < 4.78 is 5.24. The number of amides is 1. The molecule has 4 rings (SSSR count). The fourth-order valence-corrected chi connectivity index (χ4v) is 4.24. The lowest BCUT2D eigenvalue weighted by molar-refractivity contribution is 0.0888. The summed E-state index contributed by atoms with van der Waals surface area (Å²) in [6.07, 6.45) is 0.230. The maximum absolute atomic E-state index is 13.3. The molecule has 4 nitrogen and oxygen atoms in total. The molecule has 4 heteroatoms. The maximum atomic E-state index is 13.3. The van der Waals surface area contributed by atoms with Gasteiger partial charge in [-0.15, -0.1) is 0 Å². The summed E-state index contributed by atoms with van der Waals surface area (Å²) >= 11 is 0. The molecular weight excluding hydrogens is 302 g/mol. The Bertz CT molecular complexity index is 844. The van der Waals surface area contributed by atoms with Crippen LogP contribution >= 0.6 is 0 Å². The number of ether oxygens (including phenoxy) is 1. The van der Waals surface area contributed by atoms with Gasteiger partial charge in [0.15, 0.2) is 5.78 Å². The highest BCUT2D eigenvalue weighted by Crippen LogP contribution is 2.52. The quantitative estimate of drug-likeness (QED) is 0.804. The number of carbonyl (C=O) groups excluding carboxylic acids is 2. The number of carbonyl (C=O) groups is 2. The average Bonchev–Trinajstić information content (AvgIpc) is 3.03. The first-order valence-electron chi connectivity index (χ1n) is 8.29. The Labute approximate surface area is 141 Å². The molecule has 1 spiro atoms. The average molecular weight is 321 g/mol. The SMILES string of the molecule is CCOC(=O)N1c2ccccc2[C@@]2(Cc3ccccc3C2=O)[C@@H]1C. The van der Waals surface area contributed by atoms with E-state index in [2.05, 4.69) is 0 Å². The van der Waals surface area contributed by atoms with Gasteiger partial charge in [-0.05, 0) is 37.5 Å². The standard InChI is InChI=1S/C20H19NO3/c1-3-24-19(23)21-13(2)20(16-10-6-7-11-17(16)21)12-14-8-4-5-9-15(14)18(20)22/h4-11,13H,3,12H2,1-2H3/t13-,20+/m0/s1. The number of nitrogens with zero attached hydrogens (tertiary/aromatic N) is 1. The molecule has 2 aromatic carbocycles. The molecule has 0 saturated carbocycles. The highest BCUT2D eigenvalue weighted by atomic mass is 16.6. The van der Waals surface area contributed by atoms with Crippen molar-refractivity contribution in [2.45, 2.75) is 31.7 Å². The van der Waals surface area contributed by atoms with E-state index in [-0.39, 0.29) is 11.8 Å². The fourth-order valence-electron chi connectivity index (χ4n) is 4.24. The van der Waals surface area contributed by atoms with Gasteiger partial charge in [0, 0.05) is 5.56 Å². The predicted octanol–water partition coefficient (Wildman–Crippen LogP) is 3.73. The van der Waals surface area contributed by atoms with Gasteiger partial charge < -0.3 is 4.74 Å². The van der Waals surface area contributed by atoms with Crippen LogP contribution in [0.2, 0.25) is 0 Å². The summed E-state index contributed by atoms with van der Waals surface area (Å²) in [4.78, 5) is 27.5. The number of hydrogen-bond donors (Lipinski definition) is 0. The van der Waals surface area contributed by atoms with Crippen LogP contribution in [0, 0.1) is 0 Å². The molecule has 0 radical (unpaired) electrons. The van der Waals surface area contributed by atoms with Crippen LogP contribution in [0.3, 0.4) is 0 Å². The van der Waals surface area contributed by atoms with Crippen molar-refractivity contribution in [3.63, 3.8) is 0 Å². The van der Waals surface area contributed by atoms with Crippen LogP contribution < -0.4 is 4.90 Å². The van der Waals surface area contributed by atoms with E-state index >= 15 is 0 Å². The van der Waals surface area contributed by atoms with E-state index in [1.807, 2.05) is 55.5 Å². The monoisotopic (exact) mass is 321 g/mol. The molecule has 24 heavy (non-hydrogen) atoms. The smallest absolute Gasteiger partial charge is 0.414 e. The summed E-state index contributed by atoms with van der Waals surface area (Å²) in [6, 6.07) is 15.1. The van der Waals surface area contributed by atoms with Crippen molar-refractivity contribution in [1.29, 1.82) is 0 Å². The maximum Gasteiger partial charge on any atom is 0.414 e. The van der Waals surface area contributed by atoms with Gasteiger partial charge in [-0.25, -0.2) is 4.79 Å². The molecule has 0 unspecified atom stereocenters. The number of anilines is 1. The van der Waals surface area contributed by atoms with Crippen LogP contribution in [0.5, 0.6) is 0 Å². The Hall–Kier alpha value is -2.62. The second-order valence-corrected chi connectivity index (χ2v) is 6.40. The topological polar surface area (TPSA) is 46.6 Å². The summed E-state index contributed by atoms with van der Waals surface area (Å²) in [5, 5.41) is 0. The number of ketones is 1. The lowest BCUT2D eigenvalue weighted by atomic mass is 9.74. The Morgan fingerprint density at radius 3 is 2.67 bits per heavy atom. The molecule has 122 valence electrons. The number of Topliss-reactive ketones (excluding diaryl/α,β-unsaturated/α-hetero) is 1. The van der Waals surface area contributed by atoms with Crippen molar-refractivity contribution in [2.75, 3.05) is 11.5 Å². The second-order valence-electron chi connectivity index (χ2n) is 6.40. The zero-order chi connectivity index (χ0) is 16.9. The first-order chi connectivity index (χ1) is 11.6. The van der Waals surface area contributed by atoms with Gasteiger partial charge in [0.25, 0.3) is 0 Å². The third-order valence-electron chi connectivity index (χ3n) is 5.35. The van der Waals surface area contributed by atoms with Crippen LogP contribution in [-0.4, -0.2) is 24.5 Å². The third-order valence-corrected chi connectivity index (χ3v) is 5.35. The number of rotatable bonds is 1. The van der Waals surface area contributed by atoms with E-state index in [0.717, 1.165) is 22.4 Å². The number of hydrogen-bond acceptors (Lipinski definition) is 3. The first-order valence-corrected chi connectivity index (χ1v) is 8.29. The van der Waals surface area contributed by atoms with Gasteiger partial charge in [0.1, 0.15) is 0 Å². The van der Waals surface area contributed by atoms with Crippen LogP contribution in [0.4, 0.5) is 10.5 Å². The minimum Gasteiger partial charge on any atom is -0.449 e. The van der Waals surface area contributed by atoms with Crippen LogP contribution in [-0.2, 0) is 16.6 Å². The molecule has 2 aromatic rings. The molecule has 1 aliphatic carbocycles. The summed E-state index contributed by atoms with van der Waals surface area (Å²) in [7, 11) is 0. The fraction of sp³-hybridized carbons (Fsp3) is 0.300. The van der Waals surface area contributed by atoms with E-state index < -0.39 is 11.5 Å². The molecule has 2 atom stereocenters. The van der Waals surface area contributed by atoms with Crippen LogP contribution in [0.25, 0.3) is 0 Å². The Kier molecular flexibility index (Phi) is 3.23. The van der Waals surface area contributed by atoms with E-state index in [4.69, 9.17) is 4.74 Å². The van der Waals surface area contributed by atoms with Gasteiger partial charge in [0.2, 0.25) is 0 Å². The van der Waals surface area contributed by atoms with Crippen molar-refractivity contribution < 1.29 is 14.3 Å². The number of benzene rings is 2. The van der Waals surface area contributed by atoms with Crippen molar-refractivity contribution in [1.82, 2.24) is 0 Å². The minimum atomic E-state index is -0.715. The molecule has 0 saturated heterocycles. The molecule has 0 fully saturated rings. The molecule has 1 amide bonds. The Balaban J connectivity index is 1.90.